The van der Waals surface area contributed by atoms with E-state index in [4.69, 9.17) is 9.15 Å². The second-order valence-corrected chi connectivity index (χ2v) is 4.51. The van der Waals surface area contributed by atoms with Gasteiger partial charge in [0.25, 0.3) is 0 Å². The van der Waals surface area contributed by atoms with Crippen LogP contribution in [0.25, 0.3) is 11.0 Å². The molecule has 0 fully saturated rings. The Morgan fingerprint density at radius 2 is 2.00 bits per heavy atom. The molecule has 3 nitrogen and oxygen atoms in total. The third kappa shape index (κ3) is 2.05. The maximum atomic E-state index is 11.5. The molecule has 17 heavy (non-hydrogen) atoms. The van der Waals surface area contributed by atoms with E-state index in [1.165, 1.54) is 7.11 Å². The number of fused-ring (bicyclic) bond motifs is 1. The van der Waals surface area contributed by atoms with Gasteiger partial charge in [0, 0.05) is 11.3 Å². The van der Waals surface area contributed by atoms with Crippen LogP contribution in [0, 0.1) is 6.92 Å². The van der Waals surface area contributed by atoms with Crippen molar-refractivity contribution in [3.05, 3.63) is 35.1 Å². The first kappa shape index (κ1) is 11.7. The monoisotopic (exact) mass is 232 g/mol. The quantitative estimate of drug-likeness (QED) is 0.742. The molecule has 90 valence electrons. The number of benzene rings is 1. The summed E-state index contributed by atoms with van der Waals surface area (Å²) < 4.78 is 10.5. The molecular formula is C14H16O3. The van der Waals surface area contributed by atoms with E-state index < -0.39 is 0 Å². The second kappa shape index (κ2) is 4.24. The predicted molar refractivity (Wildman–Crippen MR) is 66.4 cm³/mol. The standard InChI is InChI=1S/C14H16O3/c1-8(2)12-7-10-6-11(14(15)16-4)5-9(3)13(10)17-12/h5-8H,1-4H3. The van der Waals surface area contributed by atoms with Gasteiger partial charge in [-0.15, -0.1) is 0 Å². The molecule has 0 saturated carbocycles. The van der Waals surface area contributed by atoms with Crippen molar-refractivity contribution in [2.45, 2.75) is 26.7 Å². The normalized spacial score (nSPS) is 11.1. The van der Waals surface area contributed by atoms with Crippen LogP contribution in [-0.4, -0.2) is 13.1 Å². The molecule has 1 aromatic carbocycles. The molecule has 0 spiro atoms. The van der Waals surface area contributed by atoms with E-state index in [0.717, 1.165) is 22.3 Å². The number of carbonyl (C=O) groups excluding carboxylic acids is 1. The van der Waals surface area contributed by atoms with Crippen LogP contribution in [-0.2, 0) is 4.74 Å². The lowest BCUT2D eigenvalue weighted by molar-refractivity contribution is 0.0601. The fraction of sp³-hybridized carbons (Fsp3) is 0.357. The third-order valence-corrected chi connectivity index (χ3v) is 2.81. The Morgan fingerprint density at radius 3 is 2.59 bits per heavy atom. The van der Waals surface area contributed by atoms with E-state index in [1.54, 1.807) is 6.07 Å². The van der Waals surface area contributed by atoms with Gasteiger partial charge in [0.2, 0.25) is 0 Å². The highest BCUT2D eigenvalue weighted by Crippen LogP contribution is 2.28. The lowest BCUT2D eigenvalue weighted by Crippen LogP contribution is -2.01. The molecule has 0 radical (unpaired) electrons. The van der Waals surface area contributed by atoms with Crippen molar-refractivity contribution in [1.29, 1.82) is 0 Å². The maximum Gasteiger partial charge on any atom is 0.337 e. The lowest BCUT2D eigenvalue weighted by atomic mass is 10.1. The molecule has 3 heteroatoms. The molecule has 2 rings (SSSR count). The van der Waals surface area contributed by atoms with Gasteiger partial charge in [-0.1, -0.05) is 13.8 Å². The molecule has 0 aliphatic heterocycles. The molecule has 1 aromatic heterocycles. The molecule has 0 amide bonds. The predicted octanol–water partition coefficient (Wildman–Crippen LogP) is 3.65. The number of esters is 1. The Bertz CT molecular complexity index is 564. The zero-order valence-corrected chi connectivity index (χ0v) is 10.5. The Kier molecular flexibility index (Phi) is 2.92. The van der Waals surface area contributed by atoms with E-state index in [1.807, 2.05) is 19.1 Å². The van der Waals surface area contributed by atoms with Crippen molar-refractivity contribution in [2.24, 2.45) is 0 Å². The van der Waals surface area contributed by atoms with Crippen molar-refractivity contribution in [3.8, 4) is 0 Å². The van der Waals surface area contributed by atoms with Gasteiger partial charge in [0.1, 0.15) is 11.3 Å². The van der Waals surface area contributed by atoms with Gasteiger partial charge in [-0.05, 0) is 30.7 Å². The SMILES string of the molecule is COC(=O)c1cc(C)c2oc(C(C)C)cc2c1. The van der Waals surface area contributed by atoms with Gasteiger partial charge >= 0.3 is 5.97 Å². The topological polar surface area (TPSA) is 39.4 Å². The number of rotatable bonds is 2. The number of hydrogen-bond donors (Lipinski definition) is 0. The van der Waals surface area contributed by atoms with E-state index in [2.05, 4.69) is 13.8 Å². The minimum absolute atomic E-state index is 0.317. The van der Waals surface area contributed by atoms with Crippen LogP contribution >= 0.6 is 0 Å². The summed E-state index contributed by atoms with van der Waals surface area (Å²) in [5.41, 5.74) is 2.37. The molecule has 0 bridgehead atoms. The van der Waals surface area contributed by atoms with Gasteiger partial charge in [-0.3, -0.25) is 0 Å². The van der Waals surface area contributed by atoms with Gasteiger partial charge in [-0.25, -0.2) is 4.79 Å². The van der Waals surface area contributed by atoms with Crippen LogP contribution in [0.1, 0.15) is 41.4 Å². The molecule has 1 heterocycles. The van der Waals surface area contributed by atoms with Gasteiger partial charge in [0.05, 0.1) is 12.7 Å². The summed E-state index contributed by atoms with van der Waals surface area (Å²) in [7, 11) is 1.39. The summed E-state index contributed by atoms with van der Waals surface area (Å²) in [4.78, 5) is 11.5. The molecule has 0 unspecified atom stereocenters. The average molecular weight is 232 g/mol. The van der Waals surface area contributed by atoms with Crippen molar-refractivity contribution in [2.75, 3.05) is 7.11 Å². The molecule has 0 saturated heterocycles. The third-order valence-electron chi connectivity index (χ3n) is 2.81. The first-order valence-corrected chi connectivity index (χ1v) is 5.65. The Hall–Kier alpha value is -1.77. The largest absolute Gasteiger partial charge is 0.465 e. The van der Waals surface area contributed by atoms with E-state index >= 15 is 0 Å². The average Bonchev–Trinajstić information content (AvgIpc) is 2.72. The highest BCUT2D eigenvalue weighted by molar-refractivity contribution is 5.95. The van der Waals surface area contributed by atoms with Gasteiger partial charge < -0.3 is 9.15 Å². The van der Waals surface area contributed by atoms with Crippen molar-refractivity contribution in [3.63, 3.8) is 0 Å². The first-order valence-electron chi connectivity index (χ1n) is 5.65. The van der Waals surface area contributed by atoms with Crippen LogP contribution in [0.2, 0.25) is 0 Å². The van der Waals surface area contributed by atoms with Crippen LogP contribution in [0.3, 0.4) is 0 Å². The minimum atomic E-state index is -0.317. The number of carbonyl (C=O) groups is 1. The van der Waals surface area contributed by atoms with E-state index in [9.17, 15) is 4.79 Å². The molecule has 0 aliphatic rings. The molecule has 0 N–H and O–H groups in total. The smallest absolute Gasteiger partial charge is 0.337 e. The zero-order chi connectivity index (χ0) is 12.6. The second-order valence-electron chi connectivity index (χ2n) is 4.51. The van der Waals surface area contributed by atoms with Crippen molar-refractivity contribution < 1.29 is 13.9 Å². The minimum Gasteiger partial charge on any atom is -0.465 e. The summed E-state index contributed by atoms with van der Waals surface area (Å²) >= 11 is 0. The van der Waals surface area contributed by atoms with Crippen LogP contribution in [0.4, 0.5) is 0 Å². The number of methoxy groups -OCH3 is 1. The summed E-state index contributed by atoms with van der Waals surface area (Å²) in [5, 5.41) is 0.953. The Morgan fingerprint density at radius 1 is 1.29 bits per heavy atom. The highest BCUT2D eigenvalue weighted by Gasteiger charge is 2.13. The lowest BCUT2D eigenvalue weighted by Gasteiger charge is -2.01. The number of ether oxygens (including phenoxy) is 1. The van der Waals surface area contributed by atoms with Gasteiger partial charge in [0.15, 0.2) is 0 Å². The number of hydrogen-bond acceptors (Lipinski definition) is 3. The van der Waals surface area contributed by atoms with E-state index in [0.29, 0.717) is 11.5 Å². The van der Waals surface area contributed by atoms with Crippen LogP contribution < -0.4 is 0 Å². The fourth-order valence-electron chi connectivity index (χ4n) is 1.87. The zero-order valence-electron chi connectivity index (χ0n) is 10.5. The number of aryl methyl sites for hydroxylation is 1. The van der Waals surface area contributed by atoms with Crippen LogP contribution in [0.15, 0.2) is 22.6 Å². The fourth-order valence-corrected chi connectivity index (χ4v) is 1.87. The first-order chi connectivity index (χ1) is 8.02. The van der Waals surface area contributed by atoms with Crippen molar-refractivity contribution >= 4 is 16.9 Å². The molecule has 0 aliphatic carbocycles. The van der Waals surface area contributed by atoms with Crippen LogP contribution in [0.5, 0.6) is 0 Å². The van der Waals surface area contributed by atoms with Crippen molar-refractivity contribution in [1.82, 2.24) is 0 Å². The highest BCUT2D eigenvalue weighted by atomic mass is 16.5. The maximum absolute atomic E-state index is 11.5. The summed E-state index contributed by atoms with van der Waals surface area (Å²) in [6.45, 7) is 6.09. The molecule has 2 aromatic rings. The molecular weight excluding hydrogens is 216 g/mol. The number of furan rings is 1. The Balaban J connectivity index is 2.61. The summed E-state index contributed by atoms with van der Waals surface area (Å²) in [6, 6.07) is 5.59. The molecule has 0 atom stereocenters. The summed E-state index contributed by atoms with van der Waals surface area (Å²) in [6.07, 6.45) is 0. The van der Waals surface area contributed by atoms with Gasteiger partial charge in [-0.2, -0.15) is 0 Å². The Labute approximate surface area is 100 Å². The van der Waals surface area contributed by atoms with E-state index in [-0.39, 0.29) is 5.97 Å². The summed E-state index contributed by atoms with van der Waals surface area (Å²) in [5.74, 6) is 0.954.